The molecular formula is C21H25FN6O. The van der Waals surface area contributed by atoms with Gasteiger partial charge in [-0.25, -0.2) is 4.39 Å². The maximum atomic E-state index is 13.0. The van der Waals surface area contributed by atoms with Gasteiger partial charge in [0.15, 0.2) is 11.5 Å². The molecule has 3 heterocycles. The summed E-state index contributed by atoms with van der Waals surface area (Å²) in [6, 6.07) is 10.1. The van der Waals surface area contributed by atoms with Gasteiger partial charge in [-0.15, -0.1) is 15.3 Å². The number of rotatable bonds is 4. The van der Waals surface area contributed by atoms with Crippen LogP contribution in [0.4, 0.5) is 10.2 Å². The largest absolute Gasteiger partial charge is 0.351 e. The molecule has 1 saturated heterocycles. The van der Waals surface area contributed by atoms with Crippen molar-refractivity contribution in [3.63, 3.8) is 0 Å². The zero-order valence-corrected chi connectivity index (χ0v) is 17.1. The fraction of sp³-hybridized carbons (Fsp3) is 0.429. The number of fused-ring (bicyclic) bond motifs is 1. The molecule has 1 aromatic carbocycles. The summed E-state index contributed by atoms with van der Waals surface area (Å²) in [6.45, 7) is 7.69. The molecule has 1 aliphatic heterocycles. The van der Waals surface area contributed by atoms with Gasteiger partial charge < -0.3 is 9.80 Å². The smallest absolute Gasteiger partial charge is 0.227 e. The second kappa shape index (κ2) is 7.09. The van der Waals surface area contributed by atoms with Crippen LogP contribution in [-0.2, 0) is 16.6 Å². The SMILES string of the molecule is CN(C(=O)Cc1ccc(F)cc1)C1CN(c2ccc3nnc(C(C)(C)C)n3n2)C1. The topological polar surface area (TPSA) is 66.6 Å². The van der Waals surface area contributed by atoms with E-state index in [1.165, 1.54) is 12.1 Å². The van der Waals surface area contributed by atoms with Crippen LogP contribution in [0.1, 0.15) is 32.2 Å². The van der Waals surface area contributed by atoms with E-state index >= 15 is 0 Å². The van der Waals surface area contributed by atoms with Crippen molar-refractivity contribution < 1.29 is 9.18 Å². The average molecular weight is 396 g/mol. The van der Waals surface area contributed by atoms with Gasteiger partial charge in [0.25, 0.3) is 0 Å². The number of carbonyl (C=O) groups excluding carboxylic acids is 1. The number of nitrogens with zero attached hydrogens (tertiary/aromatic N) is 6. The second-order valence-corrected chi connectivity index (χ2v) is 8.60. The predicted molar refractivity (Wildman–Crippen MR) is 108 cm³/mol. The number of aromatic nitrogens is 4. The van der Waals surface area contributed by atoms with Gasteiger partial charge in [-0.05, 0) is 29.8 Å². The minimum atomic E-state index is -0.295. The Bertz CT molecular complexity index is 1030. The van der Waals surface area contributed by atoms with Crippen molar-refractivity contribution in [3.05, 3.63) is 53.6 Å². The molecule has 0 aliphatic carbocycles. The molecule has 2 aromatic heterocycles. The quantitative estimate of drug-likeness (QED) is 0.678. The van der Waals surface area contributed by atoms with Gasteiger partial charge in [-0.1, -0.05) is 32.9 Å². The van der Waals surface area contributed by atoms with Gasteiger partial charge in [0.2, 0.25) is 5.91 Å². The number of halogens is 1. The van der Waals surface area contributed by atoms with Crippen LogP contribution in [0, 0.1) is 5.82 Å². The van der Waals surface area contributed by atoms with Gasteiger partial charge in [-0.3, -0.25) is 4.79 Å². The van der Waals surface area contributed by atoms with E-state index in [1.807, 2.05) is 19.2 Å². The zero-order valence-electron chi connectivity index (χ0n) is 17.1. The first-order valence-corrected chi connectivity index (χ1v) is 9.70. The first-order chi connectivity index (χ1) is 13.7. The standard InChI is InChI=1S/C21H25FN6O/c1-21(2,3)20-24-23-17-9-10-18(25-28(17)20)27-12-16(13-27)26(4)19(29)11-14-5-7-15(22)8-6-14/h5-10,16H,11-13H2,1-4H3. The molecule has 1 amide bonds. The second-order valence-electron chi connectivity index (χ2n) is 8.60. The lowest BCUT2D eigenvalue weighted by atomic mass is 9.96. The van der Waals surface area contributed by atoms with Crippen LogP contribution in [0.2, 0.25) is 0 Å². The van der Waals surface area contributed by atoms with Crippen molar-refractivity contribution in [2.75, 3.05) is 25.0 Å². The van der Waals surface area contributed by atoms with Crippen LogP contribution in [0.3, 0.4) is 0 Å². The Kier molecular flexibility index (Phi) is 4.72. The third-order valence-corrected chi connectivity index (χ3v) is 5.32. The number of anilines is 1. The molecule has 0 radical (unpaired) electrons. The lowest BCUT2D eigenvalue weighted by molar-refractivity contribution is -0.131. The van der Waals surface area contributed by atoms with Crippen LogP contribution in [-0.4, -0.2) is 56.8 Å². The molecule has 1 aliphatic rings. The molecule has 0 bridgehead atoms. The van der Waals surface area contributed by atoms with Crippen LogP contribution >= 0.6 is 0 Å². The number of carbonyl (C=O) groups is 1. The average Bonchev–Trinajstić information content (AvgIpc) is 3.06. The van der Waals surface area contributed by atoms with Crippen molar-refractivity contribution >= 4 is 17.4 Å². The molecule has 152 valence electrons. The highest BCUT2D eigenvalue weighted by Gasteiger charge is 2.33. The van der Waals surface area contributed by atoms with Gasteiger partial charge in [-0.2, -0.15) is 4.52 Å². The van der Waals surface area contributed by atoms with Crippen LogP contribution < -0.4 is 4.90 Å². The lowest BCUT2D eigenvalue weighted by Gasteiger charge is -2.44. The van der Waals surface area contributed by atoms with Gasteiger partial charge in [0.05, 0.1) is 12.5 Å². The van der Waals surface area contributed by atoms with E-state index in [1.54, 1.807) is 21.5 Å². The molecule has 0 N–H and O–H groups in total. The summed E-state index contributed by atoms with van der Waals surface area (Å²) in [5, 5.41) is 13.2. The molecule has 0 spiro atoms. The maximum absolute atomic E-state index is 13.0. The summed E-state index contributed by atoms with van der Waals surface area (Å²) < 4.78 is 14.8. The molecule has 0 atom stereocenters. The van der Waals surface area contributed by atoms with E-state index in [0.29, 0.717) is 0 Å². The number of hydrogen-bond acceptors (Lipinski definition) is 5. The third kappa shape index (κ3) is 3.79. The summed E-state index contributed by atoms with van der Waals surface area (Å²) in [4.78, 5) is 16.5. The van der Waals surface area contributed by atoms with Crippen LogP contribution in [0.15, 0.2) is 36.4 Å². The summed E-state index contributed by atoms with van der Waals surface area (Å²) in [7, 11) is 1.82. The molecule has 29 heavy (non-hydrogen) atoms. The fourth-order valence-electron chi connectivity index (χ4n) is 3.41. The minimum Gasteiger partial charge on any atom is -0.351 e. The highest BCUT2D eigenvalue weighted by Crippen LogP contribution is 2.25. The van der Waals surface area contributed by atoms with Crippen molar-refractivity contribution in [1.29, 1.82) is 0 Å². The Morgan fingerprint density at radius 1 is 1.14 bits per heavy atom. The zero-order chi connectivity index (χ0) is 20.8. The van der Waals surface area contributed by atoms with E-state index in [4.69, 9.17) is 5.10 Å². The normalized spacial score (nSPS) is 14.9. The Morgan fingerprint density at radius 2 is 1.83 bits per heavy atom. The molecule has 1 fully saturated rings. The van der Waals surface area contributed by atoms with Crippen molar-refractivity contribution in [2.45, 2.75) is 38.6 Å². The molecule has 7 nitrogen and oxygen atoms in total. The monoisotopic (exact) mass is 396 g/mol. The van der Waals surface area contributed by atoms with Crippen molar-refractivity contribution in [3.8, 4) is 0 Å². The number of likely N-dealkylation sites (N-methyl/N-ethyl adjacent to an activating group) is 1. The maximum Gasteiger partial charge on any atom is 0.227 e. The van der Waals surface area contributed by atoms with Crippen LogP contribution in [0.25, 0.3) is 5.65 Å². The number of hydrogen-bond donors (Lipinski definition) is 0. The summed E-state index contributed by atoms with van der Waals surface area (Å²) in [5.74, 6) is 1.39. The van der Waals surface area contributed by atoms with E-state index in [-0.39, 0.29) is 29.6 Å². The third-order valence-electron chi connectivity index (χ3n) is 5.32. The Morgan fingerprint density at radius 3 is 2.48 bits per heavy atom. The Balaban J connectivity index is 1.41. The summed E-state index contributed by atoms with van der Waals surface area (Å²) in [5.41, 5.74) is 1.38. The van der Waals surface area contributed by atoms with Gasteiger partial charge in [0.1, 0.15) is 11.6 Å². The number of amides is 1. The van der Waals surface area contributed by atoms with Gasteiger partial charge in [0, 0.05) is 25.6 Å². The molecule has 0 saturated carbocycles. The first-order valence-electron chi connectivity index (χ1n) is 9.70. The Hall–Kier alpha value is -3.03. The fourth-order valence-corrected chi connectivity index (χ4v) is 3.41. The van der Waals surface area contributed by atoms with Crippen molar-refractivity contribution in [1.82, 2.24) is 24.7 Å². The van der Waals surface area contributed by atoms with Crippen LogP contribution in [0.5, 0.6) is 0 Å². The highest BCUT2D eigenvalue weighted by molar-refractivity contribution is 5.79. The van der Waals surface area contributed by atoms with E-state index in [2.05, 4.69) is 35.9 Å². The highest BCUT2D eigenvalue weighted by atomic mass is 19.1. The van der Waals surface area contributed by atoms with E-state index < -0.39 is 0 Å². The summed E-state index contributed by atoms with van der Waals surface area (Å²) >= 11 is 0. The van der Waals surface area contributed by atoms with Gasteiger partial charge >= 0.3 is 0 Å². The Labute approximate surface area is 169 Å². The van der Waals surface area contributed by atoms with Crippen molar-refractivity contribution in [2.24, 2.45) is 0 Å². The molecule has 8 heteroatoms. The first kappa shape index (κ1) is 19.3. The molecular weight excluding hydrogens is 371 g/mol. The van der Waals surface area contributed by atoms with E-state index in [0.717, 1.165) is 35.9 Å². The predicted octanol–water partition coefficient (Wildman–Crippen LogP) is 2.45. The number of benzene rings is 1. The molecule has 4 rings (SSSR count). The minimum absolute atomic E-state index is 0.0264. The summed E-state index contributed by atoms with van der Waals surface area (Å²) in [6.07, 6.45) is 0.271. The molecule has 0 unspecified atom stereocenters. The van der Waals surface area contributed by atoms with E-state index in [9.17, 15) is 9.18 Å². The molecule has 3 aromatic rings. The lowest BCUT2D eigenvalue weighted by Crippen LogP contribution is -2.60.